The second-order valence-electron chi connectivity index (χ2n) is 13.2. The predicted molar refractivity (Wildman–Crippen MR) is 181 cm³/mol. The molecule has 0 bridgehead atoms. The molecule has 4 aliphatic heterocycles. The van der Waals surface area contributed by atoms with Crippen LogP contribution in [0, 0.1) is 5.82 Å². The largest absolute Gasteiger partial charge is 0.461 e. The van der Waals surface area contributed by atoms with Crippen LogP contribution in [-0.4, -0.2) is 98.4 Å². The van der Waals surface area contributed by atoms with Gasteiger partial charge in [-0.1, -0.05) is 23.2 Å². The van der Waals surface area contributed by atoms with Crippen LogP contribution in [0.25, 0.3) is 0 Å². The van der Waals surface area contributed by atoms with Gasteiger partial charge in [0, 0.05) is 57.7 Å². The highest BCUT2D eigenvalue weighted by molar-refractivity contribution is 7.93. The average molecular weight is 784 g/mol. The number of nitrogens with zero attached hydrogens (tertiary/aromatic N) is 6. The van der Waals surface area contributed by atoms with Crippen molar-refractivity contribution < 1.29 is 39.8 Å². The number of halogens is 7. The number of fused-ring (bicyclic) bond motifs is 2. The minimum Gasteiger partial charge on any atom is -0.461 e. The number of nitrogen functional groups attached to an aromatic ring is 1. The van der Waals surface area contributed by atoms with Gasteiger partial charge < -0.3 is 25.8 Å². The molecule has 2 aromatic rings. The van der Waals surface area contributed by atoms with Crippen molar-refractivity contribution in [3.8, 4) is 6.01 Å². The van der Waals surface area contributed by atoms with E-state index in [4.69, 9.17) is 49.1 Å². The normalized spacial score (nSPS) is 25.0. The number of hydrogen-bond donors (Lipinski definition) is 2. The van der Waals surface area contributed by atoms with Gasteiger partial charge in [-0.05, 0) is 31.9 Å². The maximum Gasteiger partial charge on any atom is 0.418 e. The number of anilines is 2. The van der Waals surface area contributed by atoms with Crippen LogP contribution < -0.4 is 21.1 Å². The molecular formula is C31H37Cl2F5N8O4S. The van der Waals surface area contributed by atoms with Gasteiger partial charge in [-0.25, -0.2) is 21.5 Å². The summed E-state index contributed by atoms with van der Waals surface area (Å²) in [5.74, 6) is -1.05. The second-order valence-corrected chi connectivity index (χ2v) is 16.1. The third-order valence-corrected chi connectivity index (χ3v) is 12.3. The van der Waals surface area contributed by atoms with Crippen molar-refractivity contribution in [2.45, 2.75) is 62.7 Å². The lowest BCUT2D eigenvalue weighted by atomic mass is 9.93. The molecular weight excluding hydrogens is 746 g/mol. The fraction of sp³-hybridized carbons (Fsp3) is 0.581. The van der Waals surface area contributed by atoms with E-state index in [1.54, 1.807) is 4.90 Å². The molecule has 0 saturated carbocycles. The SMILES string of the molecule is CN(C)S(=O)(=O)C(N)=C(Cl)C1=NCCCN(c2nc(OC[C@@]34CCCN3C[C@H](F)C4)nc3c2COC(c2c(F)c(N)cc(Cl)c2C(F)(F)F)C3)C1. The topological polar surface area (TPSA) is 152 Å². The Morgan fingerprint density at radius 2 is 1.98 bits per heavy atom. The fourth-order valence-electron chi connectivity index (χ4n) is 7.20. The lowest BCUT2D eigenvalue weighted by molar-refractivity contribution is -0.140. The molecule has 1 aromatic heterocycles. The first-order valence-corrected chi connectivity index (χ1v) is 18.4. The quantitative estimate of drug-likeness (QED) is 0.288. The molecule has 51 heavy (non-hydrogen) atoms. The van der Waals surface area contributed by atoms with Gasteiger partial charge in [0.2, 0.25) is 0 Å². The van der Waals surface area contributed by atoms with Crippen molar-refractivity contribution in [2.75, 3.05) is 64.1 Å². The van der Waals surface area contributed by atoms with Gasteiger partial charge in [-0.15, -0.1) is 0 Å². The summed E-state index contributed by atoms with van der Waals surface area (Å²) in [5, 5.41) is -1.65. The minimum atomic E-state index is -5.03. The molecule has 4 aliphatic rings. The molecule has 6 rings (SSSR count). The number of hydrogen-bond acceptors (Lipinski definition) is 11. The highest BCUT2D eigenvalue weighted by Gasteiger charge is 2.49. The first-order chi connectivity index (χ1) is 23.9. The van der Waals surface area contributed by atoms with Crippen LogP contribution in [-0.2, 0) is 34.0 Å². The third kappa shape index (κ3) is 7.19. The van der Waals surface area contributed by atoms with E-state index in [0.29, 0.717) is 37.6 Å². The van der Waals surface area contributed by atoms with E-state index in [0.717, 1.165) is 10.7 Å². The maximum absolute atomic E-state index is 15.4. The summed E-state index contributed by atoms with van der Waals surface area (Å²) in [6.07, 6.45) is -5.59. The standard InChI is InChI=1S/C31H37Cl2F5N8O4S/c1-44(2)51(47,48)27(40)25(33)21-13-45(7-4-6-41-21)28-17-14-49-22(23-24(31(36,37)38)18(32)9-19(39)26(23)35)10-20(17)42-29(43-28)50-15-30-5-3-8-46(30)12-16(34)11-30/h9,16,22H,3-8,10-15,39-40H2,1-2H3/t16-,22?,30+/m1/s1. The molecule has 280 valence electrons. The molecule has 1 unspecified atom stereocenters. The van der Waals surface area contributed by atoms with E-state index >= 15 is 4.39 Å². The molecule has 0 amide bonds. The number of nitrogens with two attached hydrogens (primary N) is 2. The number of aliphatic imine (C=N–C) groups is 1. The molecule has 2 fully saturated rings. The number of benzene rings is 1. The summed E-state index contributed by atoms with van der Waals surface area (Å²) in [4.78, 5) is 17.5. The first-order valence-electron chi connectivity index (χ1n) is 16.2. The molecule has 20 heteroatoms. The molecule has 1 aromatic carbocycles. The predicted octanol–water partition coefficient (Wildman–Crippen LogP) is 4.55. The van der Waals surface area contributed by atoms with Crippen LogP contribution in [0.2, 0.25) is 5.02 Å². The zero-order chi connectivity index (χ0) is 37.0. The molecule has 2 saturated heterocycles. The number of rotatable bonds is 8. The number of aromatic nitrogens is 2. The smallest absolute Gasteiger partial charge is 0.418 e. The Balaban J connectivity index is 1.41. The van der Waals surface area contributed by atoms with Crippen LogP contribution in [0.3, 0.4) is 0 Å². The number of ether oxygens (including phenoxy) is 2. The van der Waals surface area contributed by atoms with Crippen molar-refractivity contribution in [3.05, 3.63) is 49.4 Å². The Morgan fingerprint density at radius 3 is 2.69 bits per heavy atom. The lowest BCUT2D eigenvalue weighted by Crippen LogP contribution is -2.43. The van der Waals surface area contributed by atoms with Gasteiger partial charge in [0.25, 0.3) is 10.0 Å². The van der Waals surface area contributed by atoms with E-state index in [2.05, 4.69) is 9.98 Å². The molecule has 0 aliphatic carbocycles. The highest BCUT2D eigenvalue weighted by Crippen LogP contribution is 2.46. The Hall–Kier alpha value is -3.03. The molecule has 0 radical (unpaired) electrons. The van der Waals surface area contributed by atoms with Gasteiger partial charge in [0.1, 0.15) is 18.6 Å². The van der Waals surface area contributed by atoms with Crippen molar-refractivity contribution >= 4 is 50.4 Å². The minimum absolute atomic E-state index is 0.0590. The number of alkyl halides is 4. The van der Waals surface area contributed by atoms with Gasteiger partial charge >= 0.3 is 12.2 Å². The maximum atomic E-state index is 15.4. The van der Waals surface area contributed by atoms with Crippen LogP contribution in [0.15, 0.2) is 21.1 Å². The summed E-state index contributed by atoms with van der Waals surface area (Å²) in [7, 11) is -1.48. The summed E-state index contributed by atoms with van der Waals surface area (Å²) >= 11 is 12.5. The Bertz CT molecular complexity index is 1880. The zero-order valence-corrected chi connectivity index (χ0v) is 30.1. The van der Waals surface area contributed by atoms with Crippen molar-refractivity contribution in [3.63, 3.8) is 0 Å². The molecule has 5 heterocycles. The summed E-state index contributed by atoms with van der Waals surface area (Å²) in [6.45, 7) is 1.26. The molecule has 12 nitrogen and oxygen atoms in total. The zero-order valence-electron chi connectivity index (χ0n) is 27.7. The molecule has 0 spiro atoms. The van der Waals surface area contributed by atoms with E-state index in [1.807, 2.05) is 4.90 Å². The van der Waals surface area contributed by atoms with Crippen molar-refractivity contribution in [2.24, 2.45) is 10.7 Å². The average Bonchev–Trinajstić information content (AvgIpc) is 3.47. The summed E-state index contributed by atoms with van der Waals surface area (Å²) in [6, 6.07) is 0.575. The molecule has 4 N–H and O–H groups in total. The lowest BCUT2D eigenvalue weighted by Gasteiger charge is -2.33. The Labute approximate surface area is 301 Å². The van der Waals surface area contributed by atoms with E-state index in [-0.39, 0.29) is 74.0 Å². The van der Waals surface area contributed by atoms with Crippen LogP contribution >= 0.6 is 23.2 Å². The Kier molecular flexibility index (Phi) is 10.4. The number of sulfonamides is 1. The first kappa shape index (κ1) is 37.7. The van der Waals surface area contributed by atoms with Gasteiger partial charge in [0.05, 0.1) is 57.5 Å². The van der Waals surface area contributed by atoms with Gasteiger partial charge in [0.15, 0.2) is 10.8 Å². The Morgan fingerprint density at radius 1 is 1.24 bits per heavy atom. The van der Waals surface area contributed by atoms with E-state index in [9.17, 15) is 26.0 Å². The van der Waals surface area contributed by atoms with Crippen LogP contribution in [0.5, 0.6) is 6.01 Å². The third-order valence-electron chi connectivity index (χ3n) is 9.73. The van der Waals surface area contributed by atoms with Crippen molar-refractivity contribution in [1.82, 2.24) is 19.2 Å². The van der Waals surface area contributed by atoms with E-state index in [1.165, 1.54) is 14.1 Å². The van der Waals surface area contributed by atoms with Gasteiger partial charge in [-0.3, -0.25) is 9.89 Å². The monoisotopic (exact) mass is 782 g/mol. The van der Waals surface area contributed by atoms with E-state index < -0.39 is 66.7 Å². The highest BCUT2D eigenvalue weighted by atomic mass is 35.5. The summed E-state index contributed by atoms with van der Waals surface area (Å²) in [5.41, 5.74) is 9.05. The van der Waals surface area contributed by atoms with Crippen LogP contribution in [0.4, 0.5) is 33.5 Å². The summed E-state index contributed by atoms with van der Waals surface area (Å²) < 4.78 is 111. The molecule has 3 atom stereocenters. The fourth-order valence-corrected chi connectivity index (χ4v) is 8.68. The second kappa shape index (κ2) is 14.1. The van der Waals surface area contributed by atoms with Crippen molar-refractivity contribution in [1.29, 1.82) is 0 Å². The van der Waals surface area contributed by atoms with Crippen LogP contribution in [0.1, 0.15) is 54.2 Å². The van der Waals surface area contributed by atoms with Gasteiger partial charge in [-0.2, -0.15) is 23.1 Å².